The maximum atomic E-state index is 8.86. The first-order valence-electron chi connectivity index (χ1n) is 5.27. The Hall–Kier alpha value is -0.340. The SMILES string of the molecule is C[C@@H]1C[C@H]1/C=C/CCCCN(C)O. The van der Waals surface area contributed by atoms with Crippen LogP contribution in [-0.2, 0) is 0 Å². The minimum atomic E-state index is 0.785. The number of unbranched alkanes of at least 4 members (excludes halogenated alkanes) is 2. The molecule has 0 heterocycles. The van der Waals surface area contributed by atoms with Crippen molar-refractivity contribution in [2.24, 2.45) is 11.8 Å². The topological polar surface area (TPSA) is 23.5 Å². The largest absolute Gasteiger partial charge is 0.314 e. The second kappa shape index (κ2) is 5.40. The average Bonchev–Trinajstić information content (AvgIpc) is 2.74. The molecule has 0 amide bonds. The van der Waals surface area contributed by atoms with Gasteiger partial charge in [-0.15, -0.1) is 0 Å². The third kappa shape index (κ3) is 5.06. The van der Waals surface area contributed by atoms with Gasteiger partial charge in [0, 0.05) is 13.6 Å². The fourth-order valence-electron chi connectivity index (χ4n) is 1.49. The summed E-state index contributed by atoms with van der Waals surface area (Å²) in [6, 6.07) is 0. The minimum Gasteiger partial charge on any atom is -0.314 e. The van der Waals surface area contributed by atoms with Crippen LogP contribution in [0.5, 0.6) is 0 Å². The molecule has 1 saturated carbocycles. The summed E-state index contributed by atoms with van der Waals surface area (Å²) < 4.78 is 0. The number of hydrogen-bond donors (Lipinski definition) is 1. The molecule has 0 aromatic rings. The van der Waals surface area contributed by atoms with Gasteiger partial charge in [0.1, 0.15) is 0 Å². The summed E-state index contributed by atoms with van der Waals surface area (Å²) in [5, 5.41) is 10.1. The van der Waals surface area contributed by atoms with E-state index in [-0.39, 0.29) is 0 Å². The van der Waals surface area contributed by atoms with E-state index < -0.39 is 0 Å². The molecule has 1 fully saturated rings. The molecule has 0 aromatic carbocycles. The van der Waals surface area contributed by atoms with Crippen LogP contribution in [0.2, 0.25) is 0 Å². The zero-order chi connectivity index (χ0) is 9.68. The van der Waals surface area contributed by atoms with Crippen molar-refractivity contribution in [3.05, 3.63) is 12.2 Å². The Kier molecular flexibility index (Phi) is 4.46. The molecule has 76 valence electrons. The van der Waals surface area contributed by atoms with Crippen LogP contribution in [0.4, 0.5) is 0 Å². The van der Waals surface area contributed by atoms with Crippen LogP contribution < -0.4 is 0 Å². The number of rotatable bonds is 6. The molecule has 0 saturated heterocycles. The van der Waals surface area contributed by atoms with E-state index in [0.29, 0.717) is 0 Å². The van der Waals surface area contributed by atoms with E-state index in [2.05, 4.69) is 19.1 Å². The second-order valence-corrected chi connectivity index (χ2v) is 4.18. The first-order valence-corrected chi connectivity index (χ1v) is 5.27. The van der Waals surface area contributed by atoms with E-state index >= 15 is 0 Å². The van der Waals surface area contributed by atoms with Crippen LogP contribution in [0.15, 0.2) is 12.2 Å². The predicted octanol–water partition coefficient (Wildman–Crippen LogP) is 2.69. The van der Waals surface area contributed by atoms with Gasteiger partial charge >= 0.3 is 0 Å². The molecule has 1 rings (SSSR count). The maximum Gasteiger partial charge on any atom is 0.0235 e. The van der Waals surface area contributed by atoms with Crippen LogP contribution in [0, 0.1) is 11.8 Å². The highest BCUT2D eigenvalue weighted by Crippen LogP contribution is 2.38. The Balaban J connectivity index is 1.86. The molecule has 0 unspecified atom stereocenters. The highest BCUT2D eigenvalue weighted by molar-refractivity contribution is 5.00. The van der Waals surface area contributed by atoms with Crippen molar-refractivity contribution in [1.29, 1.82) is 0 Å². The zero-order valence-corrected chi connectivity index (χ0v) is 8.74. The lowest BCUT2D eigenvalue weighted by Crippen LogP contribution is -2.13. The van der Waals surface area contributed by atoms with E-state index in [1.165, 1.54) is 17.9 Å². The van der Waals surface area contributed by atoms with Gasteiger partial charge in [0.05, 0.1) is 0 Å². The smallest absolute Gasteiger partial charge is 0.0235 e. The highest BCUT2D eigenvalue weighted by atomic mass is 16.5. The van der Waals surface area contributed by atoms with Crippen LogP contribution >= 0.6 is 0 Å². The van der Waals surface area contributed by atoms with Crippen molar-refractivity contribution in [2.75, 3.05) is 13.6 Å². The van der Waals surface area contributed by atoms with Gasteiger partial charge in [-0.3, -0.25) is 0 Å². The van der Waals surface area contributed by atoms with Crippen LogP contribution in [0.1, 0.15) is 32.6 Å². The third-order valence-electron chi connectivity index (χ3n) is 2.66. The molecular formula is C11H21NO. The van der Waals surface area contributed by atoms with Crippen LogP contribution in [0.25, 0.3) is 0 Å². The van der Waals surface area contributed by atoms with E-state index in [0.717, 1.165) is 31.2 Å². The van der Waals surface area contributed by atoms with E-state index in [4.69, 9.17) is 5.21 Å². The van der Waals surface area contributed by atoms with E-state index in [1.54, 1.807) is 7.05 Å². The van der Waals surface area contributed by atoms with Crippen molar-refractivity contribution in [3.8, 4) is 0 Å². The maximum absolute atomic E-state index is 8.86. The molecule has 2 atom stereocenters. The average molecular weight is 183 g/mol. The van der Waals surface area contributed by atoms with Gasteiger partial charge < -0.3 is 5.21 Å². The van der Waals surface area contributed by atoms with Crippen molar-refractivity contribution in [3.63, 3.8) is 0 Å². The molecule has 0 aromatic heterocycles. The summed E-state index contributed by atoms with van der Waals surface area (Å²) in [4.78, 5) is 0. The van der Waals surface area contributed by atoms with Crippen molar-refractivity contribution in [2.45, 2.75) is 32.6 Å². The van der Waals surface area contributed by atoms with Gasteiger partial charge in [0.25, 0.3) is 0 Å². The second-order valence-electron chi connectivity index (χ2n) is 4.18. The Morgan fingerprint density at radius 3 is 2.69 bits per heavy atom. The van der Waals surface area contributed by atoms with Crippen LogP contribution in [-0.4, -0.2) is 23.9 Å². The molecule has 0 spiro atoms. The summed E-state index contributed by atoms with van der Waals surface area (Å²) in [5.41, 5.74) is 0. The first-order chi connectivity index (χ1) is 6.20. The quantitative estimate of drug-likeness (QED) is 0.389. The first kappa shape index (κ1) is 10.7. The van der Waals surface area contributed by atoms with Gasteiger partial charge in [-0.2, -0.15) is 5.06 Å². The van der Waals surface area contributed by atoms with Crippen molar-refractivity contribution < 1.29 is 5.21 Å². The lowest BCUT2D eigenvalue weighted by Gasteiger charge is -2.05. The lowest BCUT2D eigenvalue weighted by molar-refractivity contribution is -0.0654. The number of hydrogen-bond acceptors (Lipinski definition) is 2. The lowest BCUT2D eigenvalue weighted by atomic mass is 10.2. The molecule has 1 aliphatic rings. The molecular weight excluding hydrogens is 162 g/mol. The van der Waals surface area contributed by atoms with Crippen molar-refractivity contribution >= 4 is 0 Å². The predicted molar refractivity (Wildman–Crippen MR) is 54.7 cm³/mol. The Labute approximate surface area is 81.2 Å². The van der Waals surface area contributed by atoms with Gasteiger partial charge in [-0.05, 0) is 37.5 Å². The van der Waals surface area contributed by atoms with Gasteiger partial charge in [0.15, 0.2) is 0 Å². The minimum absolute atomic E-state index is 0.785. The molecule has 2 nitrogen and oxygen atoms in total. The van der Waals surface area contributed by atoms with Crippen molar-refractivity contribution in [1.82, 2.24) is 5.06 Å². The molecule has 2 heteroatoms. The summed E-state index contributed by atoms with van der Waals surface area (Å²) in [7, 11) is 1.70. The number of nitrogens with zero attached hydrogens (tertiary/aromatic N) is 1. The van der Waals surface area contributed by atoms with Gasteiger partial charge in [-0.1, -0.05) is 19.1 Å². The zero-order valence-electron chi connectivity index (χ0n) is 8.74. The molecule has 0 aliphatic heterocycles. The Morgan fingerprint density at radius 2 is 2.15 bits per heavy atom. The summed E-state index contributed by atoms with van der Waals surface area (Å²) >= 11 is 0. The summed E-state index contributed by atoms with van der Waals surface area (Å²) in [6.07, 6.45) is 9.46. The molecule has 1 aliphatic carbocycles. The Morgan fingerprint density at radius 1 is 1.46 bits per heavy atom. The fourth-order valence-corrected chi connectivity index (χ4v) is 1.49. The highest BCUT2D eigenvalue weighted by Gasteiger charge is 2.29. The summed E-state index contributed by atoms with van der Waals surface area (Å²) in [5.74, 6) is 1.81. The normalized spacial score (nSPS) is 27.4. The van der Waals surface area contributed by atoms with E-state index in [9.17, 15) is 0 Å². The number of hydroxylamine groups is 2. The Bertz CT molecular complexity index is 165. The molecule has 0 radical (unpaired) electrons. The van der Waals surface area contributed by atoms with Crippen LogP contribution in [0.3, 0.4) is 0 Å². The third-order valence-corrected chi connectivity index (χ3v) is 2.66. The molecule has 13 heavy (non-hydrogen) atoms. The standard InChI is InChI=1S/C11H21NO/c1-10-9-11(10)7-5-3-4-6-8-12(2)13/h5,7,10-11,13H,3-4,6,8-9H2,1-2H3/b7-5+/t10-,11-/m1/s1. The summed E-state index contributed by atoms with van der Waals surface area (Å²) in [6.45, 7) is 3.09. The fraction of sp³-hybridized carbons (Fsp3) is 0.818. The van der Waals surface area contributed by atoms with E-state index in [1.807, 2.05) is 0 Å². The van der Waals surface area contributed by atoms with Gasteiger partial charge in [-0.25, -0.2) is 0 Å². The van der Waals surface area contributed by atoms with Gasteiger partial charge in [0.2, 0.25) is 0 Å². The molecule has 1 N–H and O–H groups in total. The molecule has 0 bridgehead atoms. The monoisotopic (exact) mass is 183 g/mol. The number of allylic oxidation sites excluding steroid dienone is 2.